The number of sulfonamides is 1. The molecule has 0 amide bonds. The lowest BCUT2D eigenvalue weighted by Gasteiger charge is -2.26. The minimum absolute atomic E-state index is 0.155. The summed E-state index contributed by atoms with van der Waals surface area (Å²) in [6, 6.07) is 18.1. The number of halogens is 1. The van der Waals surface area contributed by atoms with E-state index in [2.05, 4.69) is 10.8 Å². The van der Waals surface area contributed by atoms with Crippen molar-refractivity contribution in [3.63, 3.8) is 0 Å². The summed E-state index contributed by atoms with van der Waals surface area (Å²) in [4.78, 5) is 0. The van der Waals surface area contributed by atoms with Gasteiger partial charge in [-0.05, 0) is 29.7 Å². The summed E-state index contributed by atoms with van der Waals surface area (Å²) in [6.45, 7) is 1.80. The zero-order valence-corrected chi connectivity index (χ0v) is 14.9. The van der Waals surface area contributed by atoms with Crippen molar-refractivity contribution in [1.29, 1.82) is 5.26 Å². The molecule has 4 nitrogen and oxygen atoms in total. The van der Waals surface area contributed by atoms with Gasteiger partial charge in [-0.25, -0.2) is 8.42 Å². The van der Waals surface area contributed by atoms with Gasteiger partial charge in [-0.15, -0.1) is 0 Å². The molecule has 0 spiro atoms. The molecule has 0 aromatic heterocycles. The highest BCUT2D eigenvalue weighted by Gasteiger charge is 2.33. The maximum Gasteiger partial charge on any atom is 0.217 e. The SMILES string of the molecule is CCC(C#N)(Cc1ccc(Cl)cc1)NS(=O)(=O)Cc1ccccc1. The molecule has 0 aliphatic rings. The Labute approximate surface area is 148 Å². The van der Waals surface area contributed by atoms with E-state index in [0.717, 1.165) is 5.56 Å². The summed E-state index contributed by atoms with van der Waals surface area (Å²) < 4.78 is 27.6. The maximum absolute atomic E-state index is 12.5. The first-order valence-corrected chi connectivity index (χ1v) is 9.62. The Morgan fingerprint density at radius 2 is 1.71 bits per heavy atom. The van der Waals surface area contributed by atoms with E-state index in [-0.39, 0.29) is 12.2 Å². The summed E-state index contributed by atoms with van der Waals surface area (Å²) in [5, 5.41) is 10.2. The van der Waals surface area contributed by atoms with Crippen molar-refractivity contribution in [2.75, 3.05) is 0 Å². The normalized spacial score (nSPS) is 13.9. The van der Waals surface area contributed by atoms with Crippen molar-refractivity contribution in [3.8, 4) is 6.07 Å². The second kappa shape index (κ2) is 7.80. The Bertz CT molecular complexity index is 814. The van der Waals surface area contributed by atoms with Crippen LogP contribution in [0.2, 0.25) is 5.02 Å². The van der Waals surface area contributed by atoms with E-state index in [1.54, 1.807) is 55.5 Å². The molecule has 1 unspecified atom stereocenters. The van der Waals surface area contributed by atoms with E-state index in [4.69, 9.17) is 11.6 Å². The standard InChI is InChI=1S/C18H19ClN2O2S/c1-2-18(14-20,12-15-8-10-17(19)11-9-15)21-24(22,23)13-16-6-4-3-5-7-16/h3-11,21H,2,12-13H2,1H3. The fraction of sp³-hybridized carbons (Fsp3) is 0.278. The van der Waals surface area contributed by atoms with Crippen LogP contribution in [0.3, 0.4) is 0 Å². The monoisotopic (exact) mass is 362 g/mol. The Morgan fingerprint density at radius 3 is 2.25 bits per heavy atom. The molecule has 0 radical (unpaired) electrons. The van der Waals surface area contributed by atoms with Gasteiger partial charge in [0, 0.05) is 11.4 Å². The largest absolute Gasteiger partial charge is 0.217 e. The average molecular weight is 363 g/mol. The molecule has 2 aromatic carbocycles. The third kappa shape index (κ3) is 5.07. The summed E-state index contributed by atoms with van der Waals surface area (Å²) in [5.41, 5.74) is 0.353. The van der Waals surface area contributed by atoms with E-state index in [9.17, 15) is 13.7 Å². The van der Waals surface area contributed by atoms with Crippen molar-refractivity contribution < 1.29 is 8.42 Å². The molecule has 0 bridgehead atoms. The van der Waals surface area contributed by atoms with Gasteiger partial charge in [0.1, 0.15) is 5.54 Å². The molecule has 1 atom stereocenters. The highest BCUT2D eigenvalue weighted by atomic mass is 35.5. The van der Waals surface area contributed by atoms with Crippen LogP contribution >= 0.6 is 11.6 Å². The quantitative estimate of drug-likeness (QED) is 0.816. The Kier molecular flexibility index (Phi) is 6.00. The minimum atomic E-state index is -3.64. The van der Waals surface area contributed by atoms with Crippen LogP contribution < -0.4 is 4.72 Å². The number of hydrogen-bond donors (Lipinski definition) is 1. The Morgan fingerprint density at radius 1 is 1.08 bits per heavy atom. The lowest BCUT2D eigenvalue weighted by Crippen LogP contribution is -2.48. The molecule has 0 saturated heterocycles. The van der Waals surface area contributed by atoms with Gasteiger partial charge in [0.15, 0.2) is 0 Å². The first-order valence-electron chi connectivity index (χ1n) is 7.59. The van der Waals surface area contributed by atoms with Gasteiger partial charge >= 0.3 is 0 Å². The molecule has 0 aliphatic heterocycles. The first kappa shape index (κ1) is 18.5. The number of hydrogen-bond acceptors (Lipinski definition) is 3. The number of nitriles is 1. The zero-order chi connectivity index (χ0) is 17.6. The Hall–Kier alpha value is -1.87. The molecule has 0 heterocycles. The maximum atomic E-state index is 12.5. The lowest BCUT2D eigenvalue weighted by molar-refractivity contribution is 0.456. The number of nitrogens with zero attached hydrogens (tertiary/aromatic N) is 1. The fourth-order valence-corrected chi connectivity index (χ4v) is 4.14. The molecule has 6 heteroatoms. The topological polar surface area (TPSA) is 70.0 Å². The van der Waals surface area contributed by atoms with Gasteiger partial charge in [-0.1, -0.05) is 61.0 Å². The fourth-order valence-electron chi connectivity index (χ4n) is 2.45. The molecule has 126 valence electrons. The summed E-state index contributed by atoms with van der Waals surface area (Å²) >= 11 is 5.87. The molecule has 2 aromatic rings. The summed E-state index contributed by atoms with van der Waals surface area (Å²) in [7, 11) is -3.64. The van der Waals surface area contributed by atoms with Crippen LogP contribution in [0.25, 0.3) is 0 Å². The van der Waals surface area contributed by atoms with Crippen LogP contribution in [-0.4, -0.2) is 14.0 Å². The van der Waals surface area contributed by atoms with Crippen molar-refractivity contribution >= 4 is 21.6 Å². The second-order valence-corrected chi connectivity index (χ2v) is 7.86. The van der Waals surface area contributed by atoms with E-state index >= 15 is 0 Å². The van der Waals surface area contributed by atoms with Crippen LogP contribution in [-0.2, 0) is 22.2 Å². The van der Waals surface area contributed by atoms with Gasteiger partial charge in [-0.2, -0.15) is 9.98 Å². The minimum Gasteiger partial charge on any atom is -0.212 e. The molecule has 1 N–H and O–H groups in total. The highest BCUT2D eigenvalue weighted by molar-refractivity contribution is 7.88. The van der Waals surface area contributed by atoms with Crippen molar-refractivity contribution in [1.82, 2.24) is 4.72 Å². The Balaban J connectivity index is 2.20. The highest BCUT2D eigenvalue weighted by Crippen LogP contribution is 2.21. The van der Waals surface area contributed by atoms with Crippen molar-refractivity contribution in [2.45, 2.75) is 31.1 Å². The zero-order valence-electron chi connectivity index (χ0n) is 13.4. The van der Waals surface area contributed by atoms with Gasteiger partial charge in [0.2, 0.25) is 10.0 Å². The van der Waals surface area contributed by atoms with Crippen LogP contribution in [0.1, 0.15) is 24.5 Å². The van der Waals surface area contributed by atoms with E-state index < -0.39 is 15.6 Å². The molecular weight excluding hydrogens is 344 g/mol. The van der Waals surface area contributed by atoms with Crippen LogP contribution in [0, 0.1) is 11.3 Å². The number of benzene rings is 2. The van der Waals surface area contributed by atoms with E-state index in [1.165, 1.54) is 0 Å². The van der Waals surface area contributed by atoms with Crippen LogP contribution in [0.15, 0.2) is 54.6 Å². The second-order valence-electron chi connectivity index (χ2n) is 5.70. The third-order valence-corrected chi connectivity index (χ3v) is 5.45. The molecule has 24 heavy (non-hydrogen) atoms. The predicted octanol–water partition coefficient (Wildman–Crippen LogP) is 3.67. The third-order valence-electron chi connectivity index (χ3n) is 3.79. The van der Waals surface area contributed by atoms with Gasteiger partial charge in [0.05, 0.1) is 11.8 Å². The van der Waals surface area contributed by atoms with Gasteiger partial charge in [-0.3, -0.25) is 0 Å². The molecular formula is C18H19ClN2O2S. The molecule has 0 aliphatic carbocycles. The summed E-state index contributed by atoms with van der Waals surface area (Å²) in [5.74, 6) is -0.155. The van der Waals surface area contributed by atoms with Crippen LogP contribution in [0.5, 0.6) is 0 Å². The number of nitrogens with one attached hydrogen (secondary N) is 1. The number of rotatable bonds is 7. The lowest BCUT2D eigenvalue weighted by atomic mass is 9.91. The van der Waals surface area contributed by atoms with Crippen LogP contribution in [0.4, 0.5) is 0 Å². The van der Waals surface area contributed by atoms with E-state index in [1.807, 2.05) is 6.07 Å². The molecule has 2 rings (SSSR count). The molecule has 0 saturated carbocycles. The summed E-state index contributed by atoms with van der Waals surface area (Å²) in [6.07, 6.45) is 0.644. The van der Waals surface area contributed by atoms with Crippen molar-refractivity contribution in [2.24, 2.45) is 0 Å². The van der Waals surface area contributed by atoms with Crippen molar-refractivity contribution in [3.05, 3.63) is 70.7 Å². The average Bonchev–Trinajstić information content (AvgIpc) is 2.56. The van der Waals surface area contributed by atoms with Gasteiger partial charge in [0.25, 0.3) is 0 Å². The van der Waals surface area contributed by atoms with Gasteiger partial charge < -0.3 is 0 Å². The molecule has 0 fully saturated rings. The first-order chi connectivity index (χ1) is 11.4. The van der Waals surface area contributed by atoms with E-state index in [0.29, 0.717) is 17.0 Å². The smallest absolute Gasteiger partial charge is 0.212 e. The predicted molar refractivity (Wildman–Crippen MR) is 96.0 cm³/mol.